The quantitative estimate of drug-likeness (QED) is 0.777. The molecule has 5 nitrogen and oxygen atoms in total. The summed E-state index contributed by atoms with van der Waals surface area (Å²) in [5.41, 5.74) is 0.531. The average molecular weight is 235 g/mol. The molecule has 1 N–H and O–H groups in total. The summed E-state index contributed by atoms with van der Waals surface area (Å²) in [5, 5.41) is 3.20. The summed E-state index contributed by atoms with van der Waals surface area (Å²) in [4.78, 5) is 18.1. The number of ether oxygens (including phenoxy) is 1. The smallest absolute Gasteiger partial charge is 0.341 e. The third kappa shape index (κ3) is 2.39. The molecule has 1 aliphatic heterocycles. The summed E-state index contributed by atoms with van der Waals surface area (Å²) in [5.74, 6) is 0.382. The van der Waals surface area contributed by atoms with E-state index in [1.807, 2.05) is 11.9 Å². The van der Waals surface area contributed by atoms with Crippen LogP contribution in [-0.2, 0) is 4.74 Å². The van der Waals surface area contributed by atoms with Gasteiger partial charge in [-0.15, -0.1) is 0 Å². The fourth-order valence-electron chi connectivity index (χ4n) is 1.77. The van der Waals surface area contributed by atoms with Crippen molar-refractivity contribution < 1.29 is 9.53 Å². The first-order valence-electron chi connectivity index (χ1n) is 5.79. The lowest BCUT2D eigenvalue weighted by atomic mass is 10.1. The number of likely N-dealkylation sites (N-methyl/N-ethyl adjacent to an activating group) is 1. The van der Waals surface area contributed by atoms with Gasteiger partial charge in [0, 0.05) is 26.3 Å². The van der Waals surface area contributed by atoms with Crippen molar-refractivity contribution in [3.63, 3.8) is 0 Å². The zero-order chi connectivity index (χ0) is 12.3. The van der Waals surface area contributed by atoms with Crippen molar-refractivity contribution in [2.24, 2.45) is 0 Å². The van der Waals surface area contributed by atoms with Gasteiger partial charge in [0.05, 0.1) is 12.6 Å². The molecular formula is C12H17N3O2. The molecule has 92 valence electrons. The molecule has 0 unspecified atom stereocenters. The zero-order valence-electron chi connectivity index (χ0n) is 10.1. The fourth-order valence-corrected chi connectivity index (χ4v) is 1.77. The van der Waals surface area contributed by atoms with E-state index < -0.39 is 0 Å². The lowest BCUT2D eigenvalue weighted by Gasteiger charge is -2.36. The average Bonchev–Trinajstić information content (AvgIpc) is 2.27. The van der Waals surface area contributed by atoms with Gasteiger partial charge in [-0.3, -0.25) is 0 Å². The second-order valence-corrected chi connectivity index (χ2v) is 4.02. The van der Waals surface area contributed by atoms with Gasteiger partial charge >= 0.3 is 5.97 Å². The largest absolute Gasteiger partial charge is 0.462 e. The number of nitrogens with one attached hydrogen (secondary N) is 1. The first-order valence-corrected chi connectivity index (χ1v) is 5.79. The maximum atomic E-state index is 11.8. The highest BCUT2D eigenvalue weighted by molar-refractivity contribution is 5.94. The summed E-state index contributed by atoms with van der Waals surface area (Å²) in [6.07, 6.45) is 1.70. The van der Waals surface area contributed by atoms with Crippen LogP contribution in [0.3, 0.4) is 0 Å². The molecule has 2 rings (SSSR count). The molecule has 0 aromatic carbocycles. The number of carbonyl (C=O) groups excluding carboxylic acids is 1. The second kappa shape index (κ2) is 5.14. The third-order valence-electron chi connectivity index (χ3n) is 2.92. The minimum atomic E-state index is -0.310. The molecule has 2 heterocycles. The van der Waals surface area contributed by atoms with Crippen LogP contribution in [0.25, 0.3) is 0 Å². The second-order valence-electron chi connectivity index (χ2n) is 4.02. The number of hydrogen-bond donors (Lipinski definition) is 1. The van der Waals surface area contributed by atoms with Gasteiger partial charge in [-0.05, 0) is 19.1 Å². The highest BCUT2D eigenvalue weighted by Gasteiger charge is 2.26. The van der Waals surface area contributed by atoms with Gasteiger partial charge in [0.25, 0.3) is 0 Å². The van der Waals surface area contributed by atoms with Crippen molar-refractivity contribution in [2.75, 3.05) is 31.6 Å². The Morgan fingerprint density at radius 2 is 2.41 bits per heavy atom. The maximum absolute atomic E-state index is 11.8. The van der Waals surface area contributed by atoms with Crippen molar-refractivity contribution >= 4 is 11.8 Å². The molecule has 1 aromatic rings. The van der Waals surface area contributed by atoms with Gasteiger partial charge in [0.15, 0.2) is 0 Å². The SMILES string of the molecule is CCOC(=O)c1cccnc1N(C)C1CNC1. The van der Waals surface area contributed by atoms with Crippen LogP contribution in [0.15, 0.2) is 18.3 Å². The van der Waals surface area contributed by atoms with Crippen LogP contribution in [0.2, 0.25) is 0 Å². The van der Waals surface area contributed by atoms with Gasteiger partial charge < -0.3 is 15.0 Å². The number of carbonyl (C=O) groups is 1. The number of aromatic nitrogens is 1. The molecule has 1 aromatic heterocycles. The zero-order valence-corrected chi connectivity index (χ0v) is 10.1. The van der Waals surface area contributed by atoms with Crippen molar-refractivity contribution in [1.82, 2.24) is 10.3 Å². The summed E-state index contributed by atoms with van der Waals surface area (Å²) < 4.78 is 5.03. The molecule has 17 heavy (non-hydrogen) atoms. The Kier molecular flexibility index (Phi) is 3.58. The van der Waals surface area contributed by atoms with Gasteiger partial charge in [-0.1, -0.05) is 0 Å². The minimum absolute atomic E-state index is 0.310. The highest BCUT2D eigenvalue weighted by atomic mass is 16.5. The van der Waals surface area contributed by atoms with Crippen LogP contribution in [0.1, 0.15) is 17.3 Å². The van der Waals surface area contributed by atoms with Crippen molar-refractivity contribution in [3.8, 4) is 0 Å². The Hall–Kier alpha value is -1.62. The van der Waals surface area contributed by atoms with Crippen LogP contribution >= 0.6 is 0 Å². The summed E-state index contributed by atoms with van der Waals surface area (Å²) in [7, 11) is 1.95. The normalized spacial score (nSPS) is 15.2. The molecule has 0 radical (unpaired) electrons. The number of anilines is 1. The number of esters is 1. The topological polar surface area (TPSA) is 54.5 Å². The Morgan fingerprint density at radius 1 is 1.65 bits per heavy atom. The molecule has 1 saturated heterocycles. The Labute approximate surface area is 101 Å². The van der Waals surface area contributed by atoms with E-state index in [4.69, 9.17) is 4.74 Å². The van der Waals surface area contributed by atoms with E-state index in [1.54, 1.807) is 25.3 Å². The predicted molar refractivity (Wildman–Crippen MR) is 65.3 cm³/mol. The van der Waals surface area contributed by atoms with Gasteiger partial charge in [0.2, 0.25) is 0 Å². The number of hydrogen-bond acceptors (Lipinski definition) is 5. The Balaban J connectivity index is 2.23. The minimum Gasteiger partial charge on any atom is -0.462 e. The molecule has 0 atom stereocenters. The van der Waals surface area contributed by atoms with Gasteiger partial charge in [0.1, 0.15) is 11.4 Å². The first kappa shape index (κ1) is 11.9. The maximum Gasteiger partial charge on any atom is 0.341 e. The van der Waals surface area contributed by atoms with Crippen LogP contribution in [0.4, 0.5) is 5.82 Å². The molecule has 0 bridgehead atoms. The van der Waals surface area contributed by atoms with E-state index in [1.165, 1.54) is 0 Å². The summed E-state index contributed by atoms with van der Waals surface area (Å²) >= 11 is 0. The van der Waals surface area contributed by atoms with Gasteiger partial charge in [-0.25, -0.2) is 9.78 Å². The van der Waals surface area contributed by atoms with E-state index in [0.717, 1.165) is 13.1 Å². The van der Waals surface area contributed by atoms with Crippen LogP contribution in [0.5, 0.6) is 0 Å². The Bertz CT molecular complexity index is 404. The molecular weight excluding hydrogens is 218 g/mol. The first-order chi connectivity index (χ1) is 8.24. The lowest BCUT2D eigenvalue weighted by Crippen LogP contribution is -2.56. The molecule has 0 amide bonds. The standard InChI is InChI=1S/C12H17N3O2/c1-3-17-12(16)10-5-4-6-14-11(10)15(2)9-7-13-8-9/h4-6,9,13H,3,7-8H2,1-2H3. The molecule has 5 heteroatoms. The molecule has 0 saturated carbocycles. The van der Waals surface area contributed by atoms with Crippen molar-refractivity contribution in [2.45, 2.75) is 13.0 Å². The molecule has 1 aliphatic rings. The van der Waals surface area contributed by atoms with E-state index >= 15 is 0 Å². The molecule has 1 fully saturated rings. The molecule has 0 aliphatic carbocycles. The van der Waals surface area contributed by atoms with Crippen molar-refractivity contribution in [3.05, 3.63) is 23.9 Å². The van der Waals surface area contributed by atoms with E-state index in [0.29, 0.717) is 24.0 Å². The van der Waals surface area contributed by atoms with Crippen LogP contribution in [0, 0.1) is 0 Å². The lowest BCUT2D eigenvalue weighted by molar-refractivity contribution is 0.0526. The number of pyridine rings is 1. The third-order valence-corrected chi connectivity index (χ3v) is 2.92. The van der Waals surface area contributed by atoms with E-state index in [2.05, 4.69) is 10.3 Å². The Morgan fingerprint density at radius 3 is 3.00 bits per heavy atom. The van der Waals surface area contributed by atoms with E-state index in [9.17, 15) is 4.79 Å². The fraction of sp³-hybridized carbons (Fsp3) is 0.500. The van der Waals surface area contributed by atoms with E-state index in [-0.39, 0.29) is 5.97 Å². The van der Waals surface area contributed by atoms with Gasteiger partial charge in [-0.2, -0.15) is 0 Å². The molecule has 0 spiro atoms. The predicted octanol–water partition coefficient (Wildman–Crippen LogP) is 0.666. The van der Waals surface area contributed by atoms with Crippen LogP contribution < -0.4 is 10.2 Å². The number of nitrogens with zero attached hydrogens (tertiary/aromatic N) is 2. The highest BCUT2D eigenvalue weighted by Crippen LogP contribution is 2.20. The summed E-state index contributed by atoms with van der Waals surface area (Å²) in [6, 6.07) is 3.91. The monoisotopic (exact) mass is 235 g/mol. The summed E-state index contributed by atoms with van der Waals surface area (Å²) in [6.45, 7) is 4.03. The van der Waals surface area contributed by atoms with Crippen molar-refractivity contribution in [1.29, 1.82) is 0 Å². The number of rotatable bonds is 4. The van der Waals surface area contributed by atoms with Crippen LogP contribution in [-0.4, -0.2) is 43.7 Å².